The van der Waals surface area contributed by atoms with Gasteiger partial charge in [-0.1, -0.05) is 30.9 Å². The summed E-state index contributed by atoms with van der Waals surface area (Å²) in [5.74, 6) is 0.908. The number of rotatable bonds is 5. The summed E-state index contributed by atoms with van der Waals surface area (Å²) in [5.41, 5.74) is 0. The predicted octanol–water partition coefficient (Wildman–Crippen LogP) is 0.380. The fraction of sp³-hybridized carbons (Fsp3) is 0.0667. The van der Waals surface area contributed by atoms with Crippen molar-refractivity contribution in [3.05, 3.63) is 74.4 Å². The first-order valence-electron chi connectivity index (χ1n) is 5.42. The van der Waals surface area contributed by atoms with E-state index in [-0.39, 0.29) is 21.2 Å². The highest BCUT2D eigenvalue weighted by Crippen LogP contribution is 2.07. The Balaban J connectivity index is 2.01. The fourth-order valence-corrected chi connectivity index (χ4v) is 3.57. The molecule has 0 amide bonds. The van der Waals surface area contributed by atoms with E-state index in [1.165, 1.54) is 7.14 Å². The highest BCUT2D eigenvalue weighted by Gasteiger charge is 2.14. The molecule has 0 aliphatic rings. The van der Waals surface area contributed by atoms with Gasteiger partial charge in [0.05, 0.1) is 0 Å². The Hall–Kier alpha value is -1.29. The Labute approximate surface area is 112 Å². The van der Waals surface area contributed by atoms with E-state index in [1.54, 1.807) is 6.08 Å². The molecule has 17 heavy (non-hydrogen) atoms. The molecule has 2 heteroatoms. The molecule has 0 bridgehead atoms. The minimum absolute atomic E-state index is 0.0734. The molecule has 0 aromatic heterocycles. The van der Waals surface area contributed by atoms with Crippen LogP contribution in [-0.4, -0.2) is 6.61 Å². The maximum Gasteiger partial charge on any atom is 0.357 e. The molecule has 2 rings (SSSR count). The maximum absolute atomic E-state index is 5.45. The monoisotopic (exact) mass is 337 g/mol. The molecule has 2 aromatic rings. The predicted molar refractivity (Wildman–Crippen MR) is 66.0 cm³/mol. The standard InChI is InChI=1S/C15H14IO/c1-2-12-17-15-10-8-14(9-11-15)16-13-6-4-3-5-7-13/h2-11H,1,12H2/q+1. The van der Waals surface area contributed by atoms with Crippen LogP contribution in [0, 0.1) is 7.14 Å². The molecule has 1 nitrogen and oxygen atoms in total. The van der Waals surface area contributed by atoms with Crippen molar-refractivity contribution in [1.29, 1.82) is 0 Å². The number of hydrogen-bond donors (Lipinski definition) is 0. The van der Waals surface area contributed by atoms with Gasteiger partial charge < -0.3 is 4.74 Å². The van der Waals surface area contributed by atoms with Crippen molar-refractivity contribution in [3.63, 3.8) is 0 Å². The van der Waals surface area contributed by atoms with Gasteiger partial charge in [-0.05, 0) is 36.4 Å². The van der Waals surface area contributed by atoms with Gasteiger partial charge in [0.25, 0.3) is 0 Å². The van der Waals surface area contributed by atoms with Crippen LogP contribution in [0.15, 0.2) is 67.3 Å². The SMILES string of the molecule is C=CCOc1ccc([I+]c2ccccc2)cc1. The molecule has 0 saturated heterocycles. The van der Waals surface area contributed by atoms with Crippen LogP contribution in [0.5, 0.6) is 5.75 Å². The topological polar surface area (TPSA) is 9.23 Å². The van der Waals surface area contributed by atoms with Crippen LogP contribution in [0.1, 0.15) is 0 Å². The second-order valence-electron chi connectivity index (χ2n) is 3.44. The Bertz CT molecular complexity index is 462. The van der Waals surface area contributed by atoms with Crippen molar-refractivity contribution in [3.8, 4) is 5.75 Å². The first-order valence-corrected chi connectivity index (χ1v) is 7.58. The molecule has 0 radical (unpaired) electrons. The zero-order valence-corrected chi connectivity index (χ0v) is 11.6. The lowest BCUT2D eigenvalue weighted by Gasteiger charge is -2.00. The van der Waals surface area contributed by atoms with Gasteiger partial charge >= 0.3 is 21.2 Å². The second kappa shape index (κ2) is 6.45. The van der Waals surface area contributed by atoms with Crippen molar-refractivity contribution >= 4 is 0 Å². The van der Waals surface area contributed by atoms with Crippen molar-refractivity contribution in [2.45, 2.75) is 0 Å². The van der Waals surface area contributed by atoms with E-state index in [9.17, 15) is 0 Å². The van der Waals surface area contributed by atoms with Crippen molar-refractivity contribution < 1.29 is 25.9 Å². The van der Waals surface area contributed by atoms with E-state index >= 15 is 0 Å². The average molecular weight is 337 g/mol. The first-order chi connectivity index (χ1) is 8.38. The van der Waals surface area contributed by atoms with E-state index in [4.69, 9.17) is 4.74 Å². The van der Waals surface area contributed by atoms with E-state index < -0.39 is 0 Å². The highest BCUT2D eigenvalue weighted by molar-refractivity contribution is 5.21. The van der Waals surface area contributed by atoms with E-state index in [2.05, 4.69) is 49.0 Å². The maximum atomic E-state index is 5.45. The van der Waals surface area contributed by atoms with E-state index in [1.807, 2.05) is 12.1 Å². The second-order valence-corrected chi connectivity index (χ2v) is 6.47. The average Bonchev–Trinajstić information content (AvgIpc) is 2.39. The van der Waals surface area contributed by atoms with Gasteiger partial charge in [-0.2, -0.15) is 0 Å². The lowest BCUT2D eigenvalue weighted by Crippen LogP contribution is -3.61. The molecular formula is C15H14IO+. The summed E-state index contributed by atoms with van der Waals surface area (Å²) in [6, 6.07) is 19.0. The Morgan fingerprint density at radius 1 is 0.941 bits per heavy atom. The lowest BCUT2D eigenvalue weighted by atomic mass is 10.3. The van der Waals surface area contributed by atoms with Crippen LogP contribution in [0.25, 0.3) is 0 Å². The third-order valence-electron chi connectivity index (χ3n) is 2.13. The van der Waals surface area contributed by atoms with Crippen LogP contribution in [-0.2, 0) is 0 Å². The number of halogens is 1. The van der Waals surface area contributed by atoms with Crippen LogP contribution < -0.4 is 25.9 Å². The molecule has 0 aliphatic carbocycles. The van der Waals surface area contributed by atoms with E-state index in [0.717, 1.165) is 5.75 Å². The summed E-state index contributed by atoms with van der Waals surface area (Å²) < 4.78 is 8.29. The van der Waals surface area contributed by atoms with Crippen LogP contribution in [0.3, 0.4) is 0 Å². The minimum Gasteiger partial charge on any atom is -0.490 e. The van der Waals surface area contributed by atoms with Gasteiger partial charge in [-0.15, -0.1) is 0 Å². The molecule has 0 heterocycles. The Morgan fingerprint density at radius 3 is 2.24 bits per heavy atom. The third kappa shape index (κ3) is 3.89. The Kier molecular flexibility index (Phi) is 4.62. The Morgan fingerprint density at radius 2 is 1.59 bits per heavy atom. The van der Waals surface area contributed by atoms with Gasteiger partial charge in [0.15, 0.2) is 7.14 Å². The fourth-order valence-electron chi connectivity index (χ4n) is 1.35. The summed E-state index contributed by atoms with van der Waals surface area (Å²) in [4.78, 5) is 0. The molecule has 0 saturated carbocycles. The molecule has 0 fully saturated rings. The molecule has 0 N–H and O–H groups in total. The first kappa shape index (κ1) is 12.2. The number of ether oxygens (including phenoxy) is 1. The van der Waals surface area contributed by atoms with Crippen molar-refractivity contribution in [2.75, 3.05) is 6.61 Å². The third-order valence-corrected chi connectivity index (χ3v) is 4.82. The van der Waals surface area contributed by atoms with Crippen LogP contribution in [0.4, 0.5) is 0 Å². The molecule has 0 spiro atoms. The molecule has 0 aliphatic heterocycles. The zero-order valence-electron chi connectivity index (χ0n) is 9.47. The summed E-state index contributed by atoms with van der Waals surface area (Å²) >= 11 is -0.0734. The summed E-state index contributed by atoms with van der Waals surface area (Å²) in [6.45, 7) is 4.19. The van der Waals surface area contributed by atoms with Crippen LogP contribution in [0.2, 0.25) is 0 Å². The van der Waals surface area contributed by atoms with Gasteiger partial charge in [0, 0.05) is 0 Å². The molecule has 86 valence electrons. The molecular weight excluding hydrogens is 323 g/mol. The van der Waals surface area contributed by atoms with Gasteiger partial charge in [-0.25, -0.2) is 0 Å². The van der Waals surface area contributed by atoms with Crippen LogP contribution >= 0.6 is 0 Å². The largest absolute Gasteiger partial charge is 0.490 e. The van der Waals surface area contributed by atoms with Crippen molar-refractivity contribution in [2.24, 2.45) is 0 Å². The quantitative estimate of drug-likeness (QED) is 0.566. The highest BCUT2D eigenvalue weighted by atomic mass is 127. The molecule has 2 aromatic carbocycles. The summed E-state index contributed by atoms with van der Waals surface area (Å²) in [6.07, 6.45) is 1.75. The normalized spacial score (nSPS) is 9.88. The number of benzene rings is 2. The smallest absolute Gasteiger partial charge is 0.357 e. The number of hydrogen-bond acceptors (Lipinski definition) is 1. The van der Waals surface area contributed by atoms with E-state index in [0.29, 0.717) is 6.61 Å². The summed E-state index contributed by atoms with van der Waals surface area (Å²) in [7, 11) is 0. The van der Waals surface area contributed by atoms with Gasteiger partial charge in [0.1, 0.15) is 12.4 Å². The lowest BCUT2D eigenvalue weighted by molar-refractivity contribution is -0.597. The van der Waals surface area contributed by atoms with Gasteiger partial charge in [0.2, 0.25) is 0 Å². The zero-order chi connectivity index (χ0) is 11.9. The van der Waals surface area contributed by atoms with Crippen molar-refractivity contribution in [1.82, 2.24) is 0 Å². The summed E-state index contributed by atoms with van der Waals surface area (Å²) in [5, 5.41) is 0. The molecule has 0 atom stereocenters. The minimum atomic E-state index is -0.0734. The molecule has 0 unspecified atom stereocenters. The van der Waals surface area contributed by atoms with Gasteiger partial charge in [-0.3, -0.25) is 0 Å².